The molecule has 0 unspecified atom stereocenters. The third kappa shape index (κ3) is 2.66. The summed E-state index contributed by atoms with van der Waals surface area (Å²) < 4.78 is 1.54. The second-order valence-corrected chi connectivity index (χ2v) is 5.04. The summed E-state index contributed by atoms with van der Waals surface area (Å²) in [5.74, 6) is 0. The lowest BCUT2D eigenvalue weighted by atomic mass is 10.2. The van der Waals surface area contributed by atoms with Gasteiger partial charge in [-0.3, -0.25) is 19.5 Å². The van der Waals surface area contributed by atoms with Crippen molar-refractivity contribution in [1.82, 2.24) is 9.55 Å². The van der Waals surface area contributed by atoms with Gasteiger partial charge in [0.05, 0.1) is 17.8 Å². The minimum Gasteiger partial charge on any atom is -0.392 e. The van der Waals surface area contributed by atoms with E-state index in [0.29, 0.717) is 10.0 Å². The molecule has 1 aromatic carbocycles. The van der Waals surface area contributed by atoms with E-state index in [0.717, 1.165) is 0 Å². The Kier molecular flexibility index (Phi) is 4.05. The van der Waals surface area contributed by atoms with Gasteiger partial charge in [0, 0.05) is 6.07 Å². The quantitative estimate of drug-likeness (QED) is 0.514. The van der Waals surface area contributed by atoms with Crippen molar-refractivity contribution in [3.05, 3.63) is 60.2 Å². The zero-order valence-corrected chi connectivity index (χ0v) is 12.3. The van der Waals surface area contributed by atoms with Gasteiger partial charge < -0.3 is 5.73 Å². The first-order chi connectivity index (χ1) is 9.41. The lowest BCUT2D eigenvalue weighted by Gasteiger charge is -2.08. The Balaban J connectivity index is 2.46. The molecule has 0 aliphatic rings. The van der Waals surface area contributed by atoms with Crippen LogP contribution >= 0.6 is 27.5 Å². The Morgan fingerprint density at radius 1 is 1.50 bits per heavy atom. The first-order valence-corrected chi connectivity index (χ1v) is 6.51. The van der Waals surface area contributed by atoms with Crippen molar-refractivity contribution in [2.24, 2.45) is 0 Å². The maximum absolute atomic E-state index is 11.9. The van der Waals surface area contributed by atoms with Crippen LogP contribution in [0.15, 0.2) is 33.8 Å². The number of hydrogen-bond acceptors (Lipinski definition) is 5. The molecular formula is C11H8BrClN4O3. The SMILES string of the molecule is Nc1c(Cl)ncn(Cc2cccc([N+](=O)[O-])c2Br)c1=O. The highest BCUT2D eigenvalue weighted by atomic mass is 79.9. The monoisotopic (exact) mass is 358 g/mol. The summed E-state index contributed by atoms with van der Waals surface area (Å²) in [5.41, 5.74) is 5.33. The molecule has 20 heavy (non-hydrogen) atoms. The van der Waals surface area contributed by atoms with Crippen molar-refractivity contribution in [3.63, 3.8) is 0 Å². The van der Waals surface area contributed by atoms with Crippen LogP contribution in [0.5, 0.6) is 0 Å². The predicted molar refractivity (Wildman–Crippen MR) is 77.8 cm³/mol. The van der Waals surface area contributed by atoms with Crippen LogP contribution in [0.4, 0.5) is 11.4 Å². The second kappa shape index (κ2) is 5.59. The van der Waals surface area contributed by atoms with Gasteiger partial charge >= 0.3 is 0 Å². The van der Waals surface area contributed by atoms with Gasteiger partial charge in [-0.2, -0.15) is 0 Å². The molecule has 0 amide bonds. The van der Waals surface area contributed by atoms with Crippen LogP contribution < -0.4 is 11.3 Å². The number of anilines is 1. The van der Waals surface area contributed by atoms with Crippen LogP contribution in [0.1, 0.15) is 5.56 Å². The van der Waals surface area contributed by atoms with Gasteiger partial charge in [-0.05, 0) is 21.5 Å². The van der Waals surface area contributed by atoms with Gasteiger partial charge in [-0.15, -0.1) is 0 Å². The van der Waals surface area contributed by atoms with E-state index >= 15 is 0 Å². The molecule has 0 aliphatic heterocycles. The van der Waals surface area contributed by atoms with Crippen molar-refractivity contribution in [3.8, 4) is 0 Å². The molecule has 2 aromatic rings. The lowest BCUT2D eigenvalue weighted by molar-refractivity contribution is -0.385. The number of nitrogens with zero attached hydrogens (tertiary/aromatic N) is 3. The molecular weight excluding hydrogens is 352 g/mol. The Bertz CT molecular complexity index is 747. The topological polar surface area (TPSA) is 104 Å². The molecule has 2 rings (SSSR count). The predicted octanol–water partition coefficient (Wildman–Crippen LogP) is 2.20. The summed E-state index contributed by atoms with van der Waals surface area (Å²) in [6.45, 7) is 0.0927. The average molecular weight is 360 g/mol. The van der Waals surface area contributed by atoms with Gasteiger partial charge in [0.2, 0.25) is 0 Å². The Labute approximate surface area is 126 Å². The summed E-state index contributed by atoms with van der Waals surface area (Å²) >= 11 is 8.80. The molecule has 0 radical (unpaired) electrons. The number of halogens is 2. The van der Waals surface area contributed by atoms with E-state index in [4.69, 9.17) is 17.3 Å². The molecule has 0 fully saturated rings. The second-order valence-electron chi connectivity index (χ2n) is 3.89. The summed E-state index contributed by atoms with van der Waals surface area (Å²) in [6, 6.07) is 4.56. The van der Waals surface area contributed by atoms with Crippen LogP contribution in [-0.4, -0.2) is 14.5 Å². The average Bonchev–Trinajstić information content (AvgIpc) is 2.41. The number of benzene rings is 1. The molecule has 2 N–H and O–H groups in total. The van der Waals surface area contributed by atoms with Crippen molar-refractivity contribution < 1.29 is 4.92 Å². The van der Waals surface area contributed by atoms with Crippen LogP contribution in [-0.2, 0) is 6.54 Å². The zero-order chi connectivity index (χ0) is 14.9. The number of nitro benzene ring substituents is 1. The van der Waals surface area contributed by atoms with Crippen molar-refractivity contribution in [1.29, 1.82) is 0 Å². The van der Waals surface area contributed by atoms with Gasteiger partial charge in [0.25, 0.3) is 11.2 Å². The Morgan fingerprint density at radius 2 is 2.20 bits per heavy atom. The first-order valence-electron chi connectivity index (χ1n) is 5.34. The molecule has 0 saturated heterocycles. The minimum absolute atomic E-state index is 0.0654. The molecule has 0 saturated carbocycles. The Morgan fingerprint density at radius 3 is 2.85 bits per heavy atom. The highest BCUT2D eigenvalue weighted by Crippen LogP contribution is 2.28. The normalized spacial score (nSPS) is 10.5. The van der Waals surface area contributed by atoms with Crippen LogP contribution in [0.3, 0.4) is 0 Å². The van der Waals surface area contributed by atoms with E-state index in [9.17, 15) is 14.9 Å². The fraction of sp³-hybridized carbons (Fsp3) is 0.0909. The smallest absolute Gasteiger partial charge is 0.283 e. The van der Waals surface area contributed by atoms with E-state index in [1.807, 2.05) is 0 Å². The van der Waals surface area contributed by atoms with E-state index < -0.39 is 10.5 Å². The third-order valence-electron chi connectivity index (χ3n) is 2.62. The van der Waals surface area contributed by atoms with Gasteiger partial charge in [0.1, 0.15) is 10.2 Å². The number of rotatable bonds is 3. The lowest BCUT2D eigenvalue weighted by Crippen LogP contribution is -2.24. The molecule has 0 bridgehead atoms. The first kappa shape index (κ1) is 14.5. The van der Waals surface area contributed by atoms with E-state index in [-0.39, 0.29) is 23.1 Å². The van der Waals surface area contributed by atoms with Crippen molar-refractivity contribution in [2.75, 3.05) is 5.73 Å². The standard InChI is InChI=1S/C11H8BrClN4O3/c12-8-6(2-1-3-7(8)17(19)20)4-16-5-15-10(13)9(14)11(16)18/h1-3,5H,4,14H2. The van der Waals surface area contributed by atoms with Crippen LogP contribution in [0.25, 0.3) is 0 Å². The van der Waals surface area contributed by atoms with Gasteiger partial charge in [-0.25, -0.2) is 4.98 Å². The fourth-order valence-corrected chi connectivity index (χ4v) is 2.27. The zero-order valence-electron chi connectivity index (χ0n) is 9.92. The summed E-state index contributed by atoms with van der Waals surface area (Å²) in [7, 11) is 0. The number of nitrogens with two attached hydrogens (primary N) is 1. The number of hydrogen-bond donors (Lipinski definition) is 1. The molecule has 1 heterocycles. The van der Waals surface area contributed by atoms with Crippen molar-refractivity contribution >= 4 is 38.9 Å². The summed E-state index contributed by atoms with van der Waals surface area (Å²) in [6.07, 6.45) is 1.24. The van der Waals surface area contributed by atoms with Crippen LogP contribution in [0.2, 0.25) is 5.15 Å². The summed E-state index contributed by atoms with van der Waals surface area (Å²) in [5, 5.41) is 10.8. The maximum Gasteiger partial charge on any atom is 0.283 e. The molecule has 0 aliphatic carbocycles. The molecule has 1 aromatic heterocycles. The third-order valence-corrected chi connectivity index (χ3v) is 3.84. The molecule has 9 heteroatoms. The van der Waals surface area contributed by atoms with E-state index in [1.165, 1.54) is 23.0 Å². The molecule has 0 spiro atoms. The summed E-state index contributed by atoms with van der Waals surface area (Å²) in [4.78, 5) is 26.0. The largest absolute Gasteiger partial charge is 0.392 e. The number of aromatic nitrogens is 2. The van der Waals surface area contributed by atoms with Gasteiger partial charge in [-0.1, -0.05) is 23.7 Å². The van der Waals surface area contributed by atoms with E-state index in [1.54, 1.807) is 6.07 Å². The highest BCUT2D eigenvalue weighted by Gasteiger charge is 2.16. The highest BCUT2D eigenvalue weighted by molar-refractivity contribution is 9.10. The van der Waals surface area contributed by atoms with Crippen LogP contribution in [0, 0.1) is 10.1 Å². The maximum atomic E-state index is 11.9. The molecule has 104 valence electrons. The Hall–Kier alpha value is -1.93. The minimum atomic E-state index is -0.509. The molecule has 0 atom stereocenters. The van der Waals surface area contributed by atoms with Gasteiger partial charge in [0.15, 0.2) is 5.15 Å². The molecule has 7 nitrogen and oxygen atoms in total. The van der Waals surface area contributed by atoms with E-state index in [2.05, 4.69) is 20.9 Å². The van der Waals surface area contributed by atoms with Crippen molar-refractivity contribution in [2.45, 2.75) is 6.54 Å². The number of nitrogen functional groups attached to an aromatic ring is 1. The fourth-order valence-electron chi connectivity index (χ4n) is 1.61. The number of nitro groups is 1.